The number of nitrogens with zero attached hydrogens (tertiary/aromatic N) is 1. The van der Waals surface area contributed by atoms with Crippen LogP contribution in [-0.2, 0) is 14.4 Å². The molecule has 6 heteroatoms. The number of carboxylic acids is 1. The Bertz CT molecular complexity index is 455. The Kier molecular flexibility index (Phi) is 13.3. The van der Waals surface area contributed by atoms with Crippen LogP contribution in [0.2, 0.25) is 0 Å². The van der Waals surface area contributed by atoms with Gasteiger partial charge >= 0.3 is 5.97 Å². The molecule has 1 heterocycles. The third-order valence-electron chi connectivity index (χ3n) is 5.19. The van der Waals surface area contributed by atoms with Crippen LogP contribution in [0.25, 0.3) is 0 Å². The number of imide groups is 1. The van der Waals surface area contributed by atoms with Crippen LogP contribution in [0, 0.1) is 0 Å². The molecule has 0 aromatic heterocycles. The maximum absolute atomic E-state index is 11.8. The predicted octanol–water partition coefficient (Wildman–Crippen LogP) is 5.02. The fraction of sp³-hybridized carbons (Fsp3) is 0.857. The summed E-state index contributed by atoms with van der Waals surface area (Å²) in [6, 6.07) is 0. The number of carbonyl (C=O) groups is 3. The van der Waals surface area contributed by atoms with Crippen molar-refractivity contribution in [3.63, 3.8) is 0 Å². The lowest BCUT2D eigenvalue weighted by Crippen LogP contribution is -2.26. The zero-order valence-corrected chi connectivity index (χ0v) is 17.7. The Morgan fingerprint density at radius 2 is 1.33 bits per heavy atom. The van der Waals surface area contributed by atoms with E-state index in [9.17, 15) is 14.4 Å². The molecule has 0 bridgehead atoms. The second-order valence-electron chi connectivity index (χ2n) is 7.59. The van der Waals surface area contributed by atoms with Crippen molar-refractivity contribution in [2.24, 2.45) is 0 Å². The van der Waals surface area contributed by atoms with Gasteiger partial charge in [0.25, 0.3) is 0 Å². The van der Waals surface area contributed by atoms with Gasteiger partial charge in [0.15, 0.2) is 0 Å². The molecular formula is C21H37NO4S. The predicted molar refractivity (Wildman–Crippen MR) is 111 cm³/mol. The minimum atomic E-state index is -0.679. The summed E-state index contributed by atoms with van der Waals surface area (Å²) in [4.78, 5) is 34.9. The van der Waals surface area contributed by atoms with Crippen LogP contribution in [0.3, 0.4) is 0 Å². The molecule has 0 saturated carbocycles. The molecule has 0 radical (unpaired) electrons. The average molecular weight is 400 g/mol. The molecule has 1 aliphatic rings. The fourth-order valence-corrected chi connectivity index (χ4v) is 4.62. The fourth-order valence-electron chi connectivity index (χ4n) is 3.40. The molecule has 0 aromatic carbocycles. The Labute approximate surface area is 168 Å². The largest absolute Gasteiger partial charge is 0.481 e. The molecule has 1 fully saturated rings. The molecule has 156 valence electrons. The zero-order chi connectivity index (χ0) is 19.9. The molecule has 0 aliphatic carbocycles. The Morgan fingerprint density at radius 3 is 1.74 bits per heavy atom. The Balaban J connectivity index is 1.76. The highest BCUT2D eigenvalue weighted by Gasteiger charge is 2.35. The van der Waals surface area contributed by atoms with Gasteiger partial charge in [-0.25, -0.2) is 0 Å². The molecule has 1 atom stereocenters. The third kappa shape index (κ3) is 11.4. The van der Waals surface area contributed by atoms with Crippen molar-refractivity contribution < 1.29 is 19.5 Å². The quantitative estimate of drug-likeness (QED) is 0.274. The van der Waals surface area contributed by atoms with Crippen LogP contribution in [0.5, 0.6) is 0 Å². The van der Waals surface area contributed by atoms with Crippen molar-refractivity contribution in [1.82, 2.24) is 4.90 Å². The van der Waals surface area contributed by atoms with E-state index >= 15 is 0 Å². The first-order chi connectivity index (χ1) is 13.0. The van der Waals surface area contributed by atoms with Crippen LogP contribution in [0.1, 0.15) is 96.3 Å². The first-order valence-electron chi connectivity index (χ1n) is 10.7. The maximum Gasteiger partial charge on any atom is 0.303 e. The number of hydrogen-bond donors (Lipinski definition) is 1. The van der Waals surface area contributed by atoms with Gasteiger partial charge in [-0.05, 0) is 18.6 Å². The van der Waals surface area contributed by atoms with Crippen molar-refractivity contribution in [1.29, 1.82) is 0 Å². The van der Waals surface area contributed by atoms with Crippen molar-refractivity contribution in [3.8, 4) is 0 Å². The van der Waals surface area contributed by atoms with Crippen molar-refractivity contribution in [3.05, 3.63) is 0 Å². The van der Waals surface area contributed by atoms with E-state index in [0.717, 1.165) is 25.0 Å². The third-order valence-corrected chi connectivity index (χ3v) is 6.49. The van der Waals surface area contributed by atoms with Gasteiger partial charge in [-0.15, -0.1) is 11.8 Å². The van der Waals surface area contributed by atoms with Gasteiger partial charge in [0.05, 0.1) is 5.25 Å². The Hall–Kier alpha value is -1.04. The molecule has 1 saturated heterocycles. The monoisotopic (exact) mass is 399 g/mol. The molecule has 27 heavy (non-hydrogen) atoms. The second kappa shape index (κ2) is 14.9. The summed E-state index contributed by atoms with van der Waals surface area (Å²) in [5.74, 6) is 0.229. The van der Waals surface area contributed by atoms with E-state index in [0.29, 0.717) is 12.8 Å². The summed E-state index contributed by atoms with van der Waals surface area (Å²) in [5, 5.41) is 8.42. The van der Waals surface area contributed by atoms with E-state index in [1.807, 2.05) is 0 Å². The summed E-state index contributed by atoms with van der Waals surface area (Å²) in [6.45, 7) is 0. The lowest BCUT2D eigenvalue weighted by Gasteiger charge is -2.08. The number of aliphatic carboxylic acids is 1. The van der Waals surface area contributed by atoms with Crippen LogP contribution in [-0.4, -0.2) is 45.8 Å². The molecular weight excluding hydrogens is 362 g/mol. The summed E-state index contributed by atoms with van der Waals surface area (Å²) in [5.41, 5.74) is 0. The minimum Gasteiger partial charge on any atom is -0.481 e. The molecule has 2 amide bonds. The molecule has 1 unspecified atom stereocenters. The molecule has 1 aliphatic heterocycles. The van der Waals surface area contributed by atoms with E-state index < -0.39 is 5.97 Å². The topological polar surface area (TPSA) is 74.7 Å². The number of rotatable bonds is 17. The average Bonchev–Trinajstić information content (AvgIpc) is 2.88. The van der Waals surface area contributed by atoms with Crippen molar-refractivity contribution >= 4 is 29.5 Å². The molecule has 5 nitrogen and oxygen atoms in total. The van der Waals surface area contributed by atoms with Gasteiger partial charge < -0.3 is 5.11 Å². The lowest BCUT2D eigenvalue weighted by atomic mass is 10.0. The van der Waals surface area contributed by atoms with Crippen LogP contribution < -0.4 is 0 Å². The number of unbranched alkanes of at least 4 members (excludes halogenated alkanes) is 12. The summed E-state index contributed by atoms with van der Waals surface area (Å²) in [7, 11) is 1.58. The number of carboxylic acid groups (broad SMARTS) is 1. The SMILES string of the molecule is CN1C(=O)CC(SCCCCCCCCCCCCCCCC(=O)O)C1=O. The number of amides is 2. The van der Waals surface area contributed by atoms with E-state index in [1.165, 1.54) is 69.1 Å². The molecule has 0 aromatic rings. The van der Waals surface area contributed by atoms with Gasteiger partial charge in [-0.3, -0.25) is 19.3 Å². The highest BCUT2D eigenvalue weighted by atomic mass is 32.2. The summed E-state index contributed by atoms with van der Waals surface area (Å²) >= 11 is 1.64. The van der Waals surface area contributed by atoms with Crippen molar-refractivity contribution in [2.45, 2.75) is 102 Å². The zero-order valence-electron chi connectivity index (χ0n) is 16.9. The molecule has 1 rings (SSSR count). The first kappa shape index (κ1) is 24.0. The van der Waals surface area contributed by atoms with Gasteiger partial charge in [-0.2, -0.15) is 0 Å². The smallest absolute Gasteiger partial charge is 0.303 e. The van der Waals surface area contributed by atoms with E-state index in [-0.39, 0.29) is 17.1 Å². The number of hydrogen-bond acceptors (Lipinski definition) is 4. The van der Waals surface area contributed by atoms with Gasteiger partial charge in [0.1, 0.15) is 0 Å². The van der Waals surface area contributed by atoms with Gasteiger partial charge in [0, 0.05) is 19.9 Å². The van der Waals surface area contributed by atoms with E-state index in [2.05, 4.69) is 0 Å². The Morgan fingerprint density at radius 1 is 0.889 bits per heavy atom. The molecule has 0 spiro atoms. The number of likely N-dealkylation sites (tertiary alicyclic amines) is 1. The van der Waals surface area contributed by atoms with Crippen molar-refractivity contribution in [2.75, 3.05) is 12.8 Å². The van der Waals surface area contributed by atoms with E-state index in [1.54, 1.807) is 18.8 Å². The van der Waals surface area contributed by atoms with E-state index in [4.69, 9.17) is 5.11 Å². The normalized spacial score (nSPS) is 17.1. The summed E-state index contributed by atoms with van der Waals surface area (Å²) < 4.78 is 0. The molecule has 1 N–H and O–H groups in total. The maximum atomic E-state index is 11.8. The van der Waals surface area contributed by atoms with Gasteiger partial charge in [-0.1, -0.05) is 70.6 Å². The summed E-state index contributed by atoms with van der Waals surface area (Å²) in [6.07, 6.45) is 16.4. The standard InChI is InChI=1S/C21H37NO4S/c1-22-19(23)17-18(21(22)26)27-16-14-12-10-8-6-4-2-3-5-7-9-11-13-15-20(24)25/h18H,2-17H2,1H3,(H,24,25). The number of carbonyl (C=O) groups excluding carboxylic acids is 2. The van der Waals surface area contributed by atoms with Gasteiger partial charge in [0.2, 0.25) is 11.8 Å². The van der Waals surface area contributed by atoms with Crippen LogP contribution in [0.4, 0.5) is 0 Å². The number of thioether (sulfide) groups is 1. The first-order valence-corrected chi connectivity index (χ1v) is 11.7. The lowest BCUT2D eigenvalue weighted by molar-refractivity contribution is -0.138. The minimum absolute atomic E-state index is 0.0229. The van der Waals surface area contributed by atoms with Crippen LogP contribution in [0.15, 0.2) is 0 Å². The highest BCUT2D eigenvalue weighted by Crippen LogP contribution is 2.25. The second-order valence-corrected chi connectivity index (χ2v) is 8.91. The van der Waals surface area contributed by atoms with Crippen LogP contribution >= 0.6 is 11.8 Å². The highest BCUT2D eigenvalue weighted by molar-refractivity contribution is 8.00.